The smallest absolute Gasteiger partial charge is 0.333 e. The standard InChI is InChI=1S/C4H6NO4P/c6-10(7,8)3-4-1-2-5-9-4/h1-2H,3H2,(H2,6,7,8). The minimum absolute atomic E-state index is 0.202. The summed E-state index contributed by atoms with van der Waals surface area (Å²) >= 11 is 0. The normalized spacial score (nSPS) is 11.8. The molecule has 1 rings (SSSR count). The highest BCUT2D eigenvalue weighted by Crippen LogP contribution is 2.38. The highest BCUT2D eigenvalue weighted by atomic mass is 31.2. The molecule has 0 unspecified atom stereocenters. The molecule has 6 heteroatoms. The summed E-state index contributed by atoms with van der Waals surface area (Å²) in [5.74, 6) is 0.202. The van der Waals surface area contributed by atoms with Crippen molar-refractivity contribution in [1.29, 1.82) is 0 Å². The van der Waals surface area contributed by atoms with Crippen molar-refractivity contribution in [2.24, 2.45) is 0 Å². The van der Waals surface area contributed by atoms with Crippen LogP contribution in [0.2, 0.25) is 0 Å². The number of hydrogen-bond donors (Lipinski definition) is 2. The van der Waals surface area contributed by atoms with Gasteiger partial charge in [0.1, 0.15) is 11.9 Å². The third-order valence-corrected chi connectivity index (χ3v) is 1.58. The number of aromatic nitrogens is 1. The van der Waals surface area contributed by atoms with Crippen LogP contribution in [0.1, 0.15) is 5.76 Å². The zero-order valence-electron chi connectivity index (χ0n) is 4.97. The Bertz CT molecular complexity index is 238. The fraction of sp³-hybridized carbons (Fsp3) is 0.250. The van der Waals surface area contributed by atoms with Gasteiger partial charge in [0, 0.05) is 6.07 Å². The first-order valence-corrected chi connectivity index (χ1v) is 4.32. The van der Waals surface area contributed by atoms with E-state index in [9.17, 15) is 4.57 Å². The van der Waals surface area contributed by atoms with E-state index in [1.807, 2.05) is 0 Å². The molecule has 10 heavy (non-hydrogen) atoms. The van der Waals surface area contributed by atoms with Crippen molar-refractivity contribution in [2.75, 3.05) is 0 Å². The molecule has 0 aliphatic carbocycles. The Morgan fingerprint density at radius 3 is 2.80 bits per heavy atom. The molecule has 0 aromatic carbocycles. The Morgan fingerprint density at radius 2 is 2.40 bits per heavy atom. The predicted molar refractivity (Wildman–Crippen MR) is 32.3 cm³/mol. The van der Waals surface area contributed by atoms with E-state index in [0.717, 1.165) is 0 Å². The third-order valence-electron chi connectivity index (χ3n) is 0.853. The van der Waals surface area contributed by atoms with Crippen LogP contribution in [0.4, 0.5) is 0 Å². The summed E-state index contributed by atoms with van der Waals surface area (Å²) in [6.45, 7) is 0. The highest BCUT2D eigenvalue weighted by Gasteiger charge is 2.15. The number of hydrogen-bond acceptors (Lipinski definition) is 3. The van der Waals surface area contributed by atoms with Gasteiger partial charge in [-0.25, -0.2) is 0 Å². The predicted octanol–water partition coefficient (Wildman–Crippen LogP) is 0.352. The first-order valence-electron chi connectivity index (χ1n) is 2.52. The molecular weight excluding hydrogens is 157 g/mol. The molecule has 0 aliphatic heterocycles. The van der Waals surface area contributed by atoms with Gasteiger partial charge in [-0.2, -0.15) is 0 Å². The van der Waals surface area contributed by atoms with E-state index < -0.39 is 7.60 Å². The lowest BCUT2D eigenvalue weighted by Gasteiger charge is -1.97. The van der Waals surface area contributed by atoms with Gasteiger partial charge >= 0.3 is 7.60 Å². The van der Waals surface area contributed by atoms with Gasteiger partial charge in [-0.3, -0.25) is 4.57 Å². The molecule has 0 saturated carbocycles. The molecule has 2 N–H and O–H groups in total. The van der Waals surface area contributed by atoms with Crippen LogP contribution in [-0.2, 0) is 10.7 Å². The lowest BCUT2D eigenvalue weighted by atomic mass is 10.5. The lowest BCUT2D eigenvalue weighted by molar-refractivity contribution is 0.351. The Balaban J connectivity index is 2.66. The molecule has 0 radical (unpaired) electrons. The van der Waals surface area contributed by atoms with Crippen LogP contribution in [0.25, 0.3) is 0 Å². The van der Waals surface area contributed by atoms with Crippen molar-refractivity contribution in [3.63, 3.8) is 0 Å². The third kappa shape index (κ3) is 2.31. The van der Waals surface area contributed by atoms with Crippen molar-refractivity contribution in [3.8, 4) is 0 Å². The van der Waals surface area contributed by atoms with Gasteiger partial charge in [0.25, 0.3) is 0 Å². The molecule has 0 aliphatic rings. The second-order valence-electron chi connectivity index (χ2n) is 1.80. The Kier molecular flexibility index (Phi) is 1.89. The monoisotopic (exact) mass is 163 g/mol. The minimum Gasteiger partial charge on any atom is -0.361 e. The second kappa shape index (κ2) is 2.54. The van der Waals surface area contributed by atoms with Gasteiger partial charge in [0.05, 0.1) is 6.20 Å². The number of rotatable bonds is 2. The molecule has 0 atom stereocenters. The summed E-state index contributed by atoms with van der Waals surface area (Å²) in [7, 11) is -3.99. The molecule has 0 bridgehead atoms. The summed E-state index contributed by atoms with van der Waals surface area (Å²) in [5.41, 5.74) is 0. The second-order valence-corrected chi connectivity index (χ2v) is 3.45. The molecule has 56 valence electrons. The molecule has 1 aromatic heterocycles. The average molecular weight is 163 g/mol. The molecule has 0 saturated heterocycles. The van der Waals surface area contributed by atoms with E-state index in [2.05, 4.69) is 9.68 Å². The van der Waals surface area contributed by atoms with E-state index in [0.29, 0.717) is 0 Å². The van der Waals surface area contributed by atoms with Gasteiger partial charge in [0.2, 0.25) is 0 Å². The Morgan fingerprint density at radius 1 is 1.70 bits per heavy atom. The summed E-state index contributed by atoms with van der Waals surface area (Å²) in [4.78, 5) is 16.8. The summed E-state index contributed by atoms with van der Waals surface area (Å²) < 4.78 is 14.8. The van der Waals surface area contributed by atoms with Gasteiger partial charge < -0.3 is 14.3 Å². The maximum Gasteiger partial charge on any atom is 0.333 e. The van der Waals surface area contributed by atoms with Gasteiger partial charge in [-0.05, 0) is 0 Å². The summed E-state index contributed by atoms with van der Waals surface area (Å²) in [6, 6.07) is 1.42. The van der Waals surface area contributed by atoms with Crippen LogP contribution >= 0.6 is 7.60 Å². The van der Waals surface area contributed by atoms with Crippen LogP contribution in [0.3, 0.4) is 0 Å². The van der Waals surface area contributed by atoms with Crippen molar-refractivity contribution < 1.29 is 18.9 Å². The molecule has 1 aromatic rings. The van der Waals surface area contributed by atoms with Crippen molar-refractivity contribution >= 4 is 7.60 Å². The maximum absolute atomic E-state index is 10.3. The van der Waals surface area contributed by atoms with E-state index in [-0.39, 0.29) is 11.9 Å². The van der Waals surface area contributed by atoms with Crippen molar-refractivity contribution in [1.82, 2.24) is 5.16 Å². The van der Waals surface area contributed by atoms with E-state index in [1.54, 1.807) is 0 Å². The quantitative estimate of drug-likeness (QED) is 0.614. The zero-order chi connectivity index (χ0) is 7.61. The molecule has 0 spiro atoms. The van der Waals surface area contributed by atoms with Gasteiger partial charge in [-0.15, -0.1) is 0 Å². The van der Waals surface area contributed by atoms with Gasteiger partial charge in [-0.1, -0.05) is 5.16 Å². The molecular formula is C4H6NO4P. The minimum atomic E-state index is -3.99. The molecule has 0 amide bonds. The summed E-state index contributed by atoms with van der Waals surface area (Å²) in [6.07, 6.45) is 0.956. The fourth-order valence-electron chi connectivity index (χ4n) is 0.527. The van der Waals surface area contributed by atoms with Crippen LogP contribution in [-0.4, -0.2) is 14.9 Å². The SMILES string of the molecule is O=P(O)(O)Cc1ccno1. The Hall–Kier alpha value is -0.640. The summed E-state index contributed by atoms with van der Waals surface area (Å²) in [5, 5.41) is 3.29. The molecule has 1 heterocycles. The molecule has 0 fully saturated rings. The van der Waals surface area contributed by atoms with Crippen LogP contribution in [0.15, 0.2) is 16.8 Å². The van der Waals surface area contributed by atoms with E-state index in [1.165, 1.54) is 12.3 Å². The fourth-order valence-corrected chi connectivity index (χ4v) is 1.10. The van der Waals surface area contributed by atoms with E-state index in [4.69, 9.17) is 9.79 Å². The van der Waals surface area contributed by atoms with Crippen molar-refractivity contribution in [3.05, 3.63) is 18.0 Å². The van der Waals surface area contributed by atoms with Crippen LogP contribution < -0.4 is 0 Å². The lowest BCUT2D eigenvalue weighted by Crippen LogP contribution is -1.82. The van der Waals surface area contributed by atoms with Crippen molar-refractivity contribution in [2.45, 2.75) is 6.16 Å². The number of nitrogens with zero attached hydrogens (tertiary/aromatic N) is 1. The topological polar surface area (TPSA) is 83.6 Å². The zero-order valence-corrected chi connectivity index (χ0v) is 5.86. The Labute approximate surface area is 56.8 Å². The largest absolute Gasteiger partial charge is 0.361 e. The van der Waals surface area contributed by atoms with Crippen LogP contribution in [0.5, 0.6) is 0 Å². The maximum atomic E-state index is 10.3. The first-order chi connectivity index (χ1) is 4.58. The van der Waals surface area contributed by atoms with Gasteiger partial charge in [0.15, 0.2) is 0 Å². The van der Waals surface area contributed by atoms with E-state index >= 15 is 0 Å². The average Bonchev–Trinajstić information content (AvgIpc) is 2.12. The molecule has 5 nitrogen and oxygen atoms in total. The first kappa shape index (κ1) is 7.47. The van der Waals surface area contributed by atoms with Crippen LogP contribution in [0, 0.1) is 0 Å². The highest BCUT2D eigenvalue weighted by molar-refractivity contribution is 7.50.